The van der Waals surface area contributed by atoms with Crippen LogP contribution >= 0.6 is 0 Å². The Kier molecular flexibility index (Phi) is 4.11. The number of amides is 2. The molecule has 20 heavy (non-hydrogen) atoms. The molecule has 1 fully saturated rings. The van der Waals surface area contributed by atoms with Crippen LogP contribution in [-0.4, -0.2) is 34.5 Å². The van der Waals surface area contributed by atoms with E-state index in [2.05, 4.69) is 5.16 Å². The van der Waals surface area contributed by atoms with Gasteiger partial charge in [0.25, 0.3) is 0 Å². The van der Waals surface area contributed by atoms with Gasteiger partial charge in [0.1, 0.15) is 17.7 Å². The fourth-order valence-corrected chi connectivity index (χ4v) is 2.77. The molecule has 2 N–H and O–H groups in total. The maximum Gasteiger partial charge on any atom is 0.240 e. The molecular weight excluding hydrogens is 258 g/mol. The first-order valence-corrected chi connectivity index (χ1v) is 6.94. The second kappa shape index (κ2) is 5.64. The molecule has 1 aromatic rings. The number of rotatable bonds is 4. The minimum absolute atomic E-state index is 0.0592. The summed E-state index contributed by atoms with van der Waals surface area (Å²) in [6, 6.07) is 1.28. The number of aromatic nitrogens is 1. The highest BCUT2D eigenvalue weighted by molar-refractivity contribution is 5.90. The van der Waals surface area contributed by atoms with E-state index in [0.29, 0.717) is 18.7 Å². The third kappa shape index (κ3) is 2.69. The Bertz CT molecular complexity index is 510. The Morgan fingerprint density at radius 3 is 2.70 bits per heavy atom. The summed E-state index contributed by atoms with van der Waals surface area (Å²) in [6.45, 7) is 6.30. The lowest BCUT2D eigenvalue weighted by Gasteiger charge is -2.27. The zero-order chi connectivity index (χ0) is 14.9. The van der Waals surface area contributed by atoms with Gasteiger partial charge in [0.15, 0.2) is 0 Å². The number of nitrogens with two attached hydrogens (primary N) is 1. The highest BCUT2D eigenvalue weighted by atomic mass is 16.5. The molecule has 1 aromatic heterocycles. The van der Waals surface area contributed by atoms with Crippen molar-refractivity contribution < 1.29 is 14.1 Å². The molecule has 1 aliphatic rings. The van der Waals surface area contributed by atoms with Gasteiger partial charge in [0.2, 0.25) is 11.8 Å². The zero-order valence-corrected chi connectivity index (χ0v) is 12.1. The van der Waals surface area contributed by atoms with Crippen molar-refractivity contribution in [2.45, 2.75) is 45.6 Å². The number of hydrogen-bond donors (Lipinski definition) is 1. The number of aryl methyl sites for hydroxylation is 1. The van der Waals surface area contributed by atoms with Crippen LogP contribution in [0.15, 0.2) is 10.6 Å². The number of primary amides is 1. The van der Waals surface area contributed by atoms with E-state index in [9.17, 15) is 9.59 Å². The first-order valence-electron chi connectivity index (χ1n) is 6.94. The van der Waals surface area contributed by atoms with Crippen molar-refractivity contribution in [1.29, 1.82) is 0 Å². The van der Waals surface area contributed by atoms with Crippen molar-refractivity contribution >= 4 is 11.8 Å². The van der Waals surface area contributed by atoms with Crippen molar-refractivity contribution in [2.75, 3.05) is 6.54 Å². The molecule has 110 valence electrons. The zero-order valence-electron chi connectivity index (χ0n) is 12.1. The van der Waals surface area contributed by atoms with E-state index in [-0.39, 0.29) is 11.8 Å². The molecule has 0 aromatic carbocycles. The average Bonchev–Trinajstić information content (AvgIpc) is 2.97. The minimum Gasteiger partial charge on any atom is -0.368 e. The van der Waals surface area contributed by atoms with Crippen LogP contribution in [0.25, 0.3) is 0 Å². The topological polar surface area (TPSA) is 89.4 Å². The van der Waals surface area contributed by atoms with Gasteiger partial charge in [-0.2, -0.15) is 0 Å². The van der Waals surface area contributed by atoms with E-state index in [0.717, 1.165) is 12.1 Å². The lowest BCUT2D eigenvalue weighted by Crippen LogP contribution is -2.46. The number of hydrogen-bond acceptors (Lipinski definition) is 4. The van der Waals surface area contributed by atoms with Gasteiger partial charge in [0, 0.05) is 12.6 Å². The van der Waals surface area contributed by atoms with Crippen molar-refractivity contribution in [3.63, 3.8) is 0 Å². The van der Waals surface area contributed by atoms with Crippen molar-refractivity contribution in [1.82, 2.24) is 10.1 Å². The molecule has 1 saturated heterocycles. The Morgan fingerprint density at radius 1 is 1.50 bits per heavy atom. The van der Waals surface area contributed by atoms with Crippen molar-refractivity contribution in [3.05, 3.63) is 17.5 Å². The second-order valence-electron chi connectivity index (χ2n) is 5.68. The normalized spacial score (nSPS) is 20.4. The lowest BCUT2D eigenvalue weighted by molar-refractivity contribution is -0.139. The van der Waals surface area contributed by atoms with E-state index < -0.39 is 17.9 Å². The summed E-state index contributed by atoms with van der Waals surface area (Å²) in [5, 5.41) is 3.85. The van der Waals surface area contributed by atoms with Crippen LogP contribution in [0, 0.1) is 12.8 Å². The molecule has 2 rings (SSSR count). The van der Waals surface area contributed by atoms with E-state index in [4.69, 9.17) is 10.3 Å². The monoisotopic (exact) mass is 279 g/mol. The molecule has 2 heterocycles. The molecule has 6 nitrogen and oxygen atoms in total. The van der Waals surface area contributed by atoms with Gasteiger partial charge < -0.3 is 15.2 Å². The molecule has 1 unspecified atom stereocenters. The second-order valence-corrected chi connectivity index (χ2v) is 5.68. The Morgan fingerprint density at radius 2 is 2.20 bits per heavy atom. The molecule has 0 bridgehead atoms. The van der Waals surface area contributed by atoms with Crippen LogP contribution in [0.4, 0.5) is 0 Å². The van der Waals surface area contributed by atoms with Crippen LogP contribution < -0.4 is 5.73 Å². The summed E-state index contributed by atoms with van der Waals surface area (Å²) in [6.07, 6.45) is 1.45. The Hall–Kier alpha value is -1.85. The lowest BCUT2D eigenvalue weighted by atomic mass is 9.91. The van der Waals surface area contributed by atoms with Gasteiger partial charge in [-0.05, 0) is 25.7 Å². The molecule has 2 atom stereocenters. The molecular formula is C14H21N3O3. The predicted molar refractivity (Wildman–Crippen MR) is 72.7 cm³/mol. The minimum atomic E-state index is -0.493. The highest BCUT2D eigenvalue weighted by Crippen LogP contribution is 2.30. The molecule has 1 aliphatic heterocycles. The van der Waals surface area contributed by atoms with E-state index in [1.807, 2.05) is 20.8 Å². The van der Waals surface area contributed by atoms with Gasteiger partial charge in [-0.15, -0.1) is 0 Å². The average molecular weight is 279 g/mol. The SMILES string of the molecule is Cc1cc([C@H](C(=O)N2CCCC2C(N)=O)C(C)C)on1. The summed E-state index contributed by atoms with van der Waals surface area (Å²) in [7, 11) is 0. The van der Waals surface area contributed by atoms with Crippen molar-refractivity contribution in [3.8, 4) is 0 Å². The Labute approximate surface area is 118 Å². The van der Waals surface area contributed by atoms with E-state index in [1.54, 1.807) is 11.0 Å². The van der Waals surface area contributed by atoms with Crippen molar-refractivity contribution in [2.24, 2.45) is 11.7 Å². The molecule has 0 saturated carbocycles. The highest BCUT2D eigenvalue weighted by Gasteiger charge is 2.39. The third-order valence-corrected chi connectivity index (χ3v) is 3.75. The third-order valence-electron chi connectivity index (χ3n) is 3.75. The summed E-state index contributed by atoms with van der Waals surface area (Å²) >= 11 is 0. The predicted octanol–water partition coefficient (Wildman–Crippen LogP) is 1.20. The molecule has 0 radical (unpaired) electrons. The largest absolute Gasteiger partial charge is 0.368 e. The van der Waals surface area contributed by atoms with Gasteiger partial charge in [-0.1, -0.05) is 19.0 Å². The van der Waals surface area contributed by atoms with E-state index >= 15 is 0 Å². The number of carbonyl (C=O) groups excluding carboxylic acids is 2. The van der Waals surface area contributed by atoms with E-state index in [1.165, 1.54) is 0 Å². The Balaban J connectivity index is 2.26. The van der Waals surface area contributed by atoms with Crippen LogP contribution in [-0.2, 0) is 9.59 Å². The smallest absolute Gasteiger partial charge is 0.240 e. The summed E-state index contributed by atoms with van der Waals surface area (Å²) in [5.74, 6) is -0.345. The standard InChI is InChI=1S/C14H21N3O3/c1-8(2)12(11-7-9(3)16-20-11)14(19)17-6-4-5-10(17)13(15)18/h7-8,10,12H,4-6H2,1-3H3,(H2,15,18)/t10?,12-/m1/s1. The quantitative estimate of drug-likeness (QED) is 0.896. The van der Waals surface area contributed by atoms with Gasteiger partial charge in [0.05, 0.1) is 5.69 Å². The van der Waals surface area contributed by atoms with Crippen LogP contribution in [0.2, 0.25) is 0 Å². The number of carbonyl (C=O) groups is 2. The van der Waals surface area contributed by atoms with Gasteiger partial charge in [-0.25, -0.2) is 0 Å². The molecule has 6 heteroatoms. The number of likely N-dealkylation sites (tertiary alicyclic amines) is 1. The van der Waals surface area contributed by atoms with Crippen LogP contribution in [0.3, 0.4) is 0 Å². The first kappa shape index (κ1) is 14.6. The summed E-state index contributed by atoms with van der Waals surface area (Å²) in [5.41, 5.74) is 6.12. The molecule has 0 aliphatic carbocycles. The summed E-state index contributed by atoms with van der Waals surface area (Å²) < 4.78 is 5.25. The fraction of sp³-hybridized carbons (Fsp3) is 0.643. The molecule has 2 amide bonds. The first-order chi connectivity index (χ1) is 9.41. The maximum absolute atomic E-state index is 12.7. The fourth-order valence-electron chi connectivity index (χ4n) is 2.77. The summed E-state index contributed by atoms with van der Waals surface area (Å²) in [4.78, 5) is 25.8. The van der Waals surface area contributed by atoms with Crippen LogP contribution in [0.1, 0.15) is 44.1 Å². The number of nitrogens with zero attached hydrogens (tertiary/aromatic N) is 2. The van der Waals surface area contributed by atoms with Gasteiger partial charge in [-0.3, -0.25) is 9.59 Å². The van der Waals surface area contributed by atoms with Crippen LogP contribution in [0.5, 0.6) is 0 Å². The maximum atomic E-state index is 12.7. The molecule has 0 spiro atoms. The van der Waals surface area contributed by atoms with Gasteiger partial charge >= 0.3 is 0 Å².